The highest BCUT2D eigenvalue weighted by Crippen LogP contribution is 2.38. The van der Waals surface area contributed by atoms with E-state index in [2.05, 4.69) is 11.3 Å². The number of hydrogen-bond acceptors (Lipinski definition) is 5. The zero-order valence-corrected chi connectivity index (χ0v) is 9.39. The maximum absolute atomic E-state index is 11.6. The number of rotatable bonds is 4. The van der Waals surface area contributed by atoms with Crippen LogP contribution < -0.4 is 14.2 Å². The fraction of sp³-hybridized carbons (Fsp3) is 0.250. The maximum atomic E-state index is 11.6. The highest BCUT2D eigenvalue weighted by atomic mass is 16.7. The molecule has 0 aliphatic carbocycles. The summed E-state index contributed by atoms with van der Waals surface area (Å²) in [5.74, 6) is 0.969. The molecular weight excluding hydrogens is 224 g/mol. The van der Waals surface area contributed by atoms with E-state index in [4.69, 9.17) is 14.2 Å². The summed E-state index contributed by atoms with van der Waals surface area (Å²) in [6, 6.07) is 3.16. The molecule has 0 aromatic heterocycles. The minimum Gasteiger partial charge on any atom is -0.488 e. The zero-order valence-electron chi connectivity index (χ0n) is 9.39. The van der Waals surface area contributed by atoms with Crippen LogP contribution in [0.1, 0.15) is 10.4 Å². The van der Waals surface area contributed by atoms with Gasteiger partial charge in [-0.05, 0) is 0 Å². The normalized spacial score (nSPS) is 12.1. The molecule has 1 aromatic carbocycles. The fourth-order valence-electron chi connectivity index (χ4n) is 1.46. The molecule has 0 unspecified atom stereocenters. The number of ether oxygens (including phenoxy) is 4. The van der Waals surface area contributed by atoms with Crippen LogP contribution >= 0.6 is 0 Å². The molecule has 0 radical (unpaired) electrons. The Morgan fingerprint density at radius 3 is 2.82 bits per heavy atom. The van der Waals surface area contributed by atoms with Crippen molar-refractivity contribution in [2.75, 3.05) is 20.5 Å². The molecule has 0 saturated heterocycles. The first-order valence-corrected chi connectivity index (χ1v) is 5.02. The van der Waals surface area contributed by atoms with Crippen molar-refractivity contribution in [2.24, 2.45) is 0 Å². The van der Waals surface area contributed by atoms with Crippen LogP contribution in [0.2, 0.25) is 0 Å². The summed E-state index contributed by atoms with van der Waals surface area (Å²) in [6.45, 7) is 3.98. The van der Waals surface area contributed by atoms with Gasteiger partial charge in [0.2, 0.25) is 6.79 Å². The van der Waals surface area contributed by atoms with Gasteiger partial charge in [0.05, 0.1) is 7.11 Å². The Morgan fingerprint density at radius 1 is 1.47 bits per heavy atom. The van der Waals surface area contributed by atoms with Crippen molar-refractivity contribution >= 4 is 5.97 Å². The van der Waals surface area contributed by atoms with Crippen molar-refractivity contribution in [1.29, 1.82) is 0 Å². The molecule has 5 heteroatoms. The van der Waals surface area contributed by atoms with E-state index < -0.39 is 5.97 Å². The lowest BCUT2D eigenvalue weighted by Crippen LogP contribution is -2.05. The molecule has 5 nitrogen and oxygen atoms in total. The van der Waals surface area contributed by atoms with Gasteiger partial charge in [-0.3, -0.25) is 0 Å². The SMILES string of the molecule is C=CCOc1cc2c(cc1C(=O)OC)OCO2. The Morgan fingerprint density at radius 2 is 2.18 bits per heavy atom. The van der Waals surface area contributed by atoms with Crippen LogP contribution in [0.25, 0.3) is 0 Å². The Hall–Kier alpha value is -2.17. The Kier molecular flexibility index (Phi) is 3.18. The van der Waals surface area contributed by atoms with Gasteiger partial charge >= 0.3 is 5.97 Å². The molecule has 0 atom stereocenters. The van der Waals surface area contributed by atoms with Crippen molar-refractivity contribution in [3.8, 4) is 17.2 Å². The lowest BCUT2D eigenvalue weighted by molar-refractivity contribution is 0.0596. The van der Waals surface area contributed by atoms with Gasteiger partial charge in [-0.15, -0.1) is 0 Å². The van der Waals surface area contributed by atoms with E-state index >= 15 is 0 Å². The Labute approximate surface area is 98.5 Å². The number of carbonyl (C=O) groups is 1. The Balaban J connectivity index is 2.39. The van der Waals surface area contributed by atoms with E-state index in [0.29, 0.717) is 29.4 Å². The van der Waals surface area contributed by atoms with E-state index in [1.807, 2.05) is 0 Å². The van der Waals surface area contributed by atoms with Gasteiger partial charge in [0.15, 0.2) is 11.5 Å². The van der Waals surface area contributed by atoms with Crippen LogP contribution in [0.4, 0.5) is 0 Å². The predicted octanol–water partition coefficient (Wildman–Crippen LogP) is 1.77. The summed E-state index contributed by atoms with van der Waals surface area (Å²) in [5.41, 5.74) is 0.304. The summed E-state index contributed by atoms with van der Waals surface area (Å²) in [7, 11) is 1.31. The first-order chi connectivity index (χ1) is 8.26. The van der Waals surface area contributed by atoms with Gasteiger partial charge in [0, 0.05) is 12.1 Å². The van der Waals surface area contributed by atoms with Gasteiger partial charge in [0.1, 0.15) is 17.9 Å². The van der Waals surface area contributed by atoms with Crippen LogP contribution in [0.15, 0.2) is 24.8 Å². The summed E-state index contributed by atoms with van der Waals surface area (Å²) >= 11 is 0. The van der Waals surface area contributed by atoms with Gasteiger partial charge in [-0.25, -0.2) is 4.79 Å². The van der Waals surface area contributed by atoms with Crippen LogP contribution in [0, 0.1) is 0 Å². The predicted molar refractivity (Wildman–Crippen MR) is 59.6 cm³/mol. The van der Waals surface area contributed by atoms with E-state index in [9.17, 15) is 4.79 Å². The van der Waals surface area contributed by atoms with E-state index in [-0.39, 0.29) is 6.79 Å². The molecule has 2 rings (SSSR count). The molecule has 0 fully saturated rings. The molecule has 90 valence electrons. The highest BCUT2D eigenvalue weighted by molar-refractivity contribution is 5.93. The van der Waals surface area contributed by atoms with Gasteiger partial charge in [0.25, 0.3) is 0 Å². The quantitative estimate of drug-likeness (QED) is 0.589. The first-order valence-electron chi connectivity index (χ1n) is 5.02. The van der Waals surface area contributed by atoms with Crippen LogP contribution in [0.5, 0.6) is 17.2 Å². The van der Waals surface area contributed by atoms with E-state index in [0.717, 1.165) is 0 Å². The van der Waals surface area contributed by atoms with Crippen LogP contribution in [-0.4, -0.2) is 26.5 Å². The monoisotopic (exact) mass is 236 g/mol. The molecule has 1 aromatic rings. The maximum Gasteiger partial charge on any atom is 0.341 e. The second-order valence-electron chi connectivity index (χ2n) is 3.29. The number of esters is 1. The van der Waals surface area contributed by atoms with Crippen LogP contribution in [0.3, 0.4) is 0 Å². The number of hydrogen-bond donors (Lipinski definition) is 0. The lowest BCUT2D eigenvalue weighted by Gasteiger charge is -2.09. The molecule has 0 N–H and O–H groups in total. The lowest BCUT2D eigenvalue weighted by atomic mass is 10.2. The topological polar surface area (TPSA) is 54.0 Å². The third kappa shape index (κ3) is 2.18. The third-order valence-corrected chi connectivity index (χ3v) is 2.24. The standard InChI is InChI=1S/C12H12O5/c1-3-4-15-9-6-11-10(16-7-17-11)5-8(9)12(13)14-2/h3,5-6H,1,4,7H2,2H3. The third-order valence-electron chi connectivity index (χ3n) is 2.24. The van der Waals surface area contributed by atoms with Gasteiger partial charge in [-0.2, -0.15) is 0 Å². The van der Waals surface area contributed by atoms with E-state index in [1.54, 1.807) is 18.2 Å². The molecule has 0 saturated carbocycles. The molecule has 17 heavy (non-hydrogen) atoms. The largest absolute Gasteiger partial charge is 0.488 e. The minimum atomic E-state index is -0.484. The fourth-order valence-corrected chi connectivity index (χ4v) is 1.46. The van der Waals surface area contributed by atoms with E-state index in [1.165, 1.54) is 7.11 Å². The molecule has 0 spiro atoms. The molecule has 1 aliphatic heterocycles. The van der Waals surface area contributed by atoms with Crippen molar-refractivity contribution in [2.45, 2.75) is 0 Å². The summed E-state index contributed by atoms with van der Waals surface area (Å²) < 4.78 is 20.5. The second-order valence-corrected chi connectivity index (χ2v) is 3.29. The summed E-state index contributed by atoms with van der Waals surface area (Å²) in [4.78, 5) is 11.6. The number of carbonyl (C=O) groups excluding carboxylic acids is 1. The van der Waals surface area contributed by atoms with Crippen molar-refractivity contribution in [3.05, 3.63) is 30.4 Å². The molecule has 0 amide bonds. The smallest absolute Gasteiger partial charge is 0.341 e. The molecule has 0 bridgehead atoms. The molecule has 1 aliphatic rings. The molecular formula is C12H12O5. The van der Waals surface area contributed by atoms with Crippen LogP contribution in [-0.2, 0) is 4.74 Å². The molecule has 1 heterocycles. The highest BCUT2D eigenvalue weighted by Gasteiger charge is 2.22. The van der Waals surface area contributed by atoms with Gasteiger partial charge in [-0.1, -0.05) is 12.7 Å². The second kappa shape index (κ2) is 4.78. The zero-order chi connectivity index (χ0) is 12.3. The number of benzene rings is 1. The average Bonchev–Trinajstić information content (AvgIpc) is 2.81. The number of fused-ring (bicyclic) bond motifs is 1. The average molecular weight is 236 g/mol. The minimum absolute atomic E-state index is 0.140. The van der Waals surface area contributed by atoms with Gasteiger partial charge < -0.3 is 18.9 Å². The Bertz CT molecular complexity index is 452. The number of methoxy groups -OCH3 is 1. The van der Waals surface area contributed by atoms with Crippen molar-refractivity contribution < 1.29 is 23.7 Å². The van der Waals surface area contributed by atoms with Crippen molar-refractivity contribution in [1.82, 2.24) is 0 Å². The summed E-state index contributed by atoms with van der Waals surface area (Å²) in [6.07, 6.45) is 1.59. The van der Waals surface area contributed by atoms with Crippen molar-refractivity contribution in [3.63, 3.8) is 0 Å². The first kappa shape index (κ1) is 11.3. The summed E-state index contributed by atoms with van der Waals surface area (Å²) in [5, 5.41) is 0.